The first-order valence-corrected chi connectivity index (χ1v) is 6.95. The Morgan fingerprint density at radius 1 is 1.36 bits per heavy atom. The maximum Gasteiger partial charge on any atom is 0.350 e. The van der Waals surface area contributed by atoms with Gasteiger partial charge in [-0.2, -0.15) is 0 Å². The molecule has 0 atom stereocenters. The summed E-state index contributed by atoms with van der Waals surface area (Å²) in [5.74, 6) is -1.30. The van der Waals surface area contributed by atoms with E-state index >= 15 is 0 Å². The summed E-state index contributed by atoms with van der Waals surface area (Å²) in [6.07, 6.45) is 1.44. The van der Waals surface area contributed by atoms with E-state index in [1.54, 1.807) is 38.2 Å². The quantitative estimate of drug-likeness (QED) is 0.822. The van der Waals surface area contributed by atoms with Crippen LogP contribution in [0.1, 0.15) is 20.3 Å². The third-order valence-electron chi connectivity index (χ3n) is 3.28. The molecule has 2 aromatic heterocycles. The largest absolute Gasteiger partial charge is 0.481 e. The Labute approximate surface area is 126 Å². The Morgan fingerprint density at radius 2 is 2.09 bits per heavy atom. The van der Waals surface area contributed by atoms with E-state index in [0.29, 0.717) is 5.65 Å². The van der Waals surface area contributed by atoms with E-state index in [1.807, 2.05) is 0 Å². The number of pyridine rings is 1. The lowest BCUT2D eigenvalue weighted by molar-refractivity contribution is -0.139. The van der Waals surface area contributed by atoms with Gasteiger partial charge in [-0.15, -0.1) is 5.10 Å². The summed E-state index contributed by atoms with van der Waals surface area (Å²) in [5.41, 5.74) is 0.0628. The maximum atomic E-state index is 12.3. The van der Waals surface area contributed by atoms with Gasteiger partial charge in [0.25, 0.3) is 0 Å². The van der Waals surface area contributed by atoms with Gasteiger partial charge in [-0.05, 0) is 26.0 Å². The van der Waals surface area contributed by atoms with Crippen LogP contribution in [-0.2, 0) is 16.1 Å². The lowest BCUT2D eigenvalue weighted by atomic mass is 10.2. The fourth-order valence-electron chi connectivity index (χ4n) is 2.18. The maximum absolute atomic E-state index is 12.3. The minimum atomic E-state index is -0.969. The molecule has 0 bridgehead atoms. The number of aromatic nitrogens is 3. The molecule has 8 nitrogen and oxygen atoms in total. The summed E-state index contributed by atoms with van der Waals surface area (Å²) in [6, 6.07) is 4.98. The molecule has 22 heavy (non-hydrogen) atoms. The van der Waals surface area contributed by atoms with E-state index < -0.39 is 11.7 Å². The van der Waals surface area contributed by atoms with Crippen molar-refractivity contribution in [3.63, 3.8) is 0 Å². The van der Waals surface area contributed by atoms with Crippen LogP contribution in [0.15, 0.2) is 29.2 Å². The molecule has 1 N–H and O–H groups in total. The van der Waals surface area contributed by atoms with Crippen molar-refractivity contribution in [3.05, 3.63) is 34.9 Å². The number of aliphatic carboxylic acids is 1. The summed E-state index contributed by atoms with van der Waals surface area (Å²) in [4.78, 5) is 36.5. The average molecular weight is 306 g/mol. The smallest absolute Gasteiger partial charge is 0.350 e. The molecule has 1 amide bonds. The van der Waals surface area contributed by atoms with E-state index in [-0.39, 0.29) is 31.5 Å². The minimum Gasteiger partial charge on any atom is -0.481 e. The highest BCUT2D eigenvalue weighted by molar-refractivity contribution is 5.77. The second kappa shape index (κ2) is 6.42. The fraction of sp³-hybridized carbons (Fsp3) is 0.429. The van der Waals surface area contributed by atoms with Crippen molar-refractivity contribution in [2.45, 2.75) is 32.9 Å². The second-order valence-corrected chi connectivity index (χ2v) is 5.19. The minimum absolute atomic E-state index is 0.105. The van der Waals surface area contributed by atoms with E-state index in [1.165, 1.54) is 9.30 Å². The van der Waals surface area contributed by atoms with E-state index in [0.717, 1.165) is 4.68 Å². The first-order chi connectivity index (χ1) is 10.4. The lowest BCUT2D eigenvalue weighted by Crippen LogP contribution is -2.42. The van der Waals surface area contributed by atoms with Gasteiger partial charge in [-0.25, -0.2) is 9.48 Å². The van der Waals surface area contributed by atoms with Crippen molar-refractivity contribution < 1.29 is 14.7 Å². The second-order valence-electron chi connectivity index (χ2n) is 5.19. The molecule has 0 aromatic carbocycles. The molecule has 0 aliphatic rings. The third kappa shape index (κ3) is 3.33. The standard InChI is InChI=1S/C14H18N4O4/c1-10(2)16(8-6-13(20)21)12(19)9-18-14(22)17-7-4-3-5-11(17)15-18/h3-5,7,10H,6,8-9H2,1-2H3,(H,20,21). The highest BCUT2D eigenvalue weighted by Crippen LogP contribution is 2.03. The number of carboxylic acids is 1. The number of carbonyl (C=O) groups excluding carboxylic acids is 1. The molecule has 2 rings (SSSR count). The third-order valence-corrected chi connectivity index (χ3v) is 3.28. The predicted molar refractivity (Wildman–Crippen MR) is 78.6 cm³/mol. The van der Waals surface area contributed by atoms with Crippen LogP contribution in [0.25, 0.3) is 5.65 Å². The Kier molecular flexibility index (Phi) is 4.59. The van der Waals surface area contributed by atoms with Crippen LogP contribution < -0.4 is 5.69 Å². The van der Waals surface area contributed by atoms with Crippen LogP contribution in [0, 0.1) is 0 Å². The Morgan fingerprint density at radius 3 is 2.68 bits per heavy atom. The van der Waals surface area contributed by atoms with Gasteiger partial charge in [-0.3, -0.25) is 14.0 Å². The van der Waals surface area contributed by atoms with Crippen LogP contribution in [0.4, 0.5) is 0 Å². The molecular weight excluding hydrogens is 288 g/mol. The summed E-state index contributed by atoms with van der Waals surface area (Å²) in [7, 11) is 0. The fourth-order valence-corrected chi connectivity index (χ4v) is 2.18. The molecule has 0 spiro atoms. The van der Waals surface area contributed by atoms with E-state index in [9.17, 15) is 14.4 Å². The van der Waals surface area contributed by atoms with Crippen LogP contribution >= 0.6 is 0 Å². The van der Waals surface area contributed by atoms with Gasteiger partial charge in [0.05, 0.1) is 6.42 Å². The summed E-state index contributed by atoms with van der Waals surface area (Å²) < 4.78 is 2.44. The van der Waals surface area contributed by atoms with Gasteiger partial charge >= 0.3 is 11.7 Å². The molecule has 8 heteroatoms. The van der Waals surface area contributed by atoms with Crippen molar-refractivity contribution in [1.29, 1.82) is 0 Å². The Balaban J connectivity index is 2.19. The molecule has 0 unspecified atom stereocenters. The first kappa shape index (κ1) is 15.7. The summed E-state index contributed by atoms with van der Waals surface area (Å²) >= 11 is 0. The Bertz CT molecular complexity index is 747. The normalized spacial score (nSPS) is 11.0. The van der Waals surface area contributed by atoms with Gasteiger partial charge in [0.15, 0.2) is 5.65 Å². The number of fused-ring (bicyclic) bond motifs is 1. The number of hydrogen-bond donors (Lipinski definition) is 1. The van der Waals surface area contributed by atoms with Crippen LogP contribution in [0.2, 0.25) is 0 Å². The van der Waals surface area contributed by atoms with Gasteiger partial charge in [0.1, 0.15) is 6.54 Å². The first-order valence-electron chi connectivity index (χ1n) is 6.95. The molecule has 0 aliphatic heterocycles. The number of carboxylic acid groups (broad SMARTS) is 1. The lowest BCUT2D eigenvalue weighted by Gasteiger charge is -2.25. The van der Waals surface area contributed by atoms with Crippen molar-refractivity contribution in [1.82, 2.24) is 19.1 Å². The molecule has 2 heterocycles. The van der Waals surface area contributed by atoms with Gasteiger partial charge < -0.3 is 10.0 Å². The summed E-state index contributed by atoms with van der Waals surface area (Å²) in [5, 5.41) is 12.8. The Hall–Kier alpha value is -2.64. The van der Waals surface area contributed by atoms with E-state index in [4.69, 9.17) is 5.11 Å². The molecule has 0 saturated carbocycles. The predicted octanol–water partition coefficient (Wildman–Crippen LogP) is 0.208. The topological polar surface area (TPSA) is 96.9 Å². The number of hydrogen-bond acceptors (Lipinski definition) is 4. The van der Waals surface area contributed by atoms with Gasteiger partial charge in [0.2, 0.25) is 5.91 Å². The molecule has 0 radical (unpaired) electrons. The van der Waals surface area contributed by atoms with Crippen molar-refractivity contribution in [3.8, 4) is 0 Å². The average Bonchev–Trinajstić information content (AvgIpc) is 2.75. The highest BCUT2D eigenvalue weighted by atomic mass is 16.4. The SMILES string of the molecule is CC(C)N(CCC(=O)O)C(=O)Cn1nc2ccccn2c1=O. The molecule has 2 aromatic rings. The molecule has 0 aliphatic carbocycles. The van der Waals surface area contributed by atoms with Crippen molar-refractivity contribution in [2.24, 2.45) is 0 Å². The zero-order valence-electron chi connectivity index (χ0n) is 12.5. The molecule has 0 fully saturated rings. The molecular formula is C14H18N4O4. The van der Waals surface area contributed by atoms with Gasteiger partial charge in [0, 0.05) is 18.8 Å². The van der Waals surface area contributed by atoms with Crippen molar-refractivity contribution >= 4 is 17.5 Å². The molecule has 118 valence electrons. The number of carbonyl (C=O) groups is 2. The van der Waals surface area contributed by atoms with Crippen molar-refractivity contribution in [2.75, 3.05) is 6.54 Å². The van der Waals surface area contributed by atoms with Crippen LogP contribution in [0.5, 0.6) is 0 Å². The monoisotopic (exact) mass is 306 g/mol. The van der Waals surface area contributed by atoms with E-state index in [2.05, 4.69) is 5.10 Å². The van der Waals surface area contributed by atoms with Crippen LogP contribution in [-0.4, -0.2) is 48.7 Å². The molecule has 0 saturated heterocycles. The van der Waals surface area contributed by atoms with Gasteiger partial charge in [-0.1, -0.05) is 6.07 Å². The zero-order valence-corrected chi connectivity index (χ0v) is 12.5. The van der Waals surface area contributed by atoms with Crippen LogP contribution in [0.3, 0.4) is 0 Å². The zero-order chi connectivity index (χ0) is 16.3. The summed E-state index contributed by atoms with van der Waals surface area (Å²) in [6.45, 7) is 3.49. The highest BCUT2D eigenvalue weighted by Gasteiger charge is 2.20. The number of amides is 1. The number of nitrogens with zero attached hydrogens (tertiary/aromatic N) is 4. The number of rotatable bonds is 6.